The highest BCUT2D eigenvalue weighted by atomic mass is 32.2. The predicted molar refractivity (Wildman–Crippen MR) is 30.6 cm³/mol. The van der Waals surface area contributed by atoms with Crippen molar-refractivity contribution in [3.8, 4) is 0 Å². The van der Waals surface area contributed by atoms with Gasteiger partial charge in [0.2, 0.25) is 0 Å². The molecule has 1 aliphatic rings. The molecule has 1 heterocycles. The first-order chi connectivity index (χ1) is 2.89. The van der Waals surface area contributed by atoms with Crippen LogP contribution in [0.15, 0.2) is 0 Å². The number of thioether (sulfide) groups is 1. The van der Waals surface area contributed by atoms with Crippen LogP contribution in [0, 0.1) is 5.25 Å². The normalized spacial score (nSPS) is 22.5. The minimum absolute atomic E-state index is 1.37. The lowest BCUT2D eigenvalue weighted by Crippen LogP contribution is -1.68. The molecule has 1 heteroatoms. The van der Waals surface area contributed by atoms with Crippen LogP contribution in [0.2, 0.25) is 0 Å². The zero-order valence-electron chi connectivity index (χ0n) is 4.03. The third kappa shape index (κ3) is 0.839. The van der Waals surface area contributed by atoms with Gasteiger partial charge in [0, 0.05) is 12.2 Å². The van der Waals surface area contributed by atoms with E-state index in [2.05, 4.69) is 6.92 Å². The van der Waals surface area contributed by atoms with Crippen LogP contribution in [0.3, 0.4) is 0 Å². The van der Waals surface area contributed by atoms with Crippen molar-refractivity contribution in [1.82, 2.24) is 0 Å². The minimum Gasteiger partial charge on any atom is 0.00194 e. The second-order valence-electron chi connectivity index (χ2n) is 1.65. The molecule has 1 rings (SSSR count). The number of hydrogen-bond acceptors (Lipinski definition) is 1. The molecule has 0 N–H and O–H groups in total. The smallest absolute Gasteiger partial charge is 0.00194 e. The van der Waals surface area contributed by atoms with E-state index in [0.29, 0.717) is 0 Å². The van der Waals surface area contributed by atoms with E-state index in [1.807, 2.05) is 11.8 Å². The second kappa shape index (κ2) is 1.78. The standard InChI is InChI=1S/C5H9S/c1-5-3-2-4-6-5/h2-4H2,1H3/q+1. The Morgan fingerprint density at radius 3 is 2.67 bits per heavy atom. The van der Waals surface area contributed by atoms with E-state index >= 15 is 0 Å². The lowest BCUT2D eigenvalue weighted by Gasteiger charge is -1.75. The molecular formula is C5H9S+. The van der Waals surface area contributed by atoms with Gasteiger partial charge in [-0.05, 0) is 0 Å². The molecule has 1 aliphatic heterocycles. The topological polar surface area (TPSA) is 0 Å². The number of rotatable bonds is 0. The molecule has 0 unspecified atom stereocenters. The third-order valence-corrected chi connectivity index (χ3v) is 2.21. The molecule has 34 valence electrons. The van der Waals surface area contributed by atoms with Crippen LogP contribution in [0.4, 0.5) is 0 Å². The summed E-state index contributed by atoms with van der Waals surface area (Å²) in [7, 11) is 0. The second-order valence-corrected chi connectivity index (χ2v) is 3.05. The molecule has 0 aromatic heterocycles. The zero-order chi connectivity index (χ0) is 4.41. The maximum atomic E-state index is 2.22. The maximum absolute atomic E-state index is 2.22. The van der Waals surface area contributed by atoms with E-state index in [4.69, 9.17) is 0 Å². The van der Waals surface area contributed by atoms with Gasteiger partial charge < -0.3 is 0 Å². The van der Waals surface area contributed by atoms with Gasteiger partial charge in [0.15, 0.2) is 5.25 Å². The van der Waals surface area contributed by atoms with E-state index in [-0.39, 0.29) is 0 Å². The van der Waals surface area contributed by atoms with Crippen molar-refractivity contribution in [3.05, 3.63) is 5.25 Å². The first kappa shape index (κ1) is 4.38. The average molecular weight is 101 g/mol. The lowest BCUT2D eigenvalue weighted by molar-refractivity contribution is 0.931. The quantitative estimate of drug-likeness (QED) is 0.421. The Labute approximate surface area is 43.3 Å². The minimum atomic E-state index is 1.37. The van der Waals surface area contributed by atoms with Crippen molar-refractivity contribution >= 4 is 11.8 Å². The zero-order valence-corrected chi connectivity index (χ0v) is 4.85. The molecular weight excluding hydrogens is 92.1 g/mol. The van der Waals surface area contributed by atoms with Crippen LogP contribution in [0.5, 0.6) is 0 Å². The molecule has 0 radical (unpaired) electrons. The van der Waals surface area contributed by atoms with Gasteiger partial charge in [-0.3, -0.25) is 0 Å². The first-order valence-electron chi connectivity index (χ1n) is 2.35. The highest BCUT2D eigenvalue weighted by molar-refractivity contribution is 8.02. The van der Waals surface area contributed by atoms with Crippen LogP contribution < -0.4 is 0 Å². The van der Waals surface area contributed by atoms with Gasteiger partial charge in [0.1, 0.15) is 6.42 Å². The SMILES string of the molecule is C[C+]1CCCS1. The monoisotopic (exact) mass is 101 g/mol. The highest BCUT2D eigenvalue weighted by Gasteiger charge is 2.20. The van der Waals surface area contributed by atoms with Crippen molar-refractivity contribution in [2.75, 3.05) is 5.75 Å². The molecule has 0 saturated carbocycles. The van der Waals surface area contributed by atoms with Crippen LogP contribution in [-0.2, 0) is 0 Å². The van der Waals surface area contributed by atoms with E-state index in [9.17, 15) is 0 Å². The van der Waals surface area contributed by atoms with Crippen LogP contribution in [0.25, 0.3) is 0 Å². The van der Waals surface area contributed by atoms with E-state index in [1.165, 1.54) is 18.6 Å². The fourth-order valence-corrected chi connectivity index (χ4v) is 1.57. The van der Waals surface area contributed by atoms with Gasteiger partial charge in [-0.25, -0.2) is 0 Å². The van der Waals surface area contributed by atoms with E-state index < -0.39 is 0 Å². The fraction of sp³-hybridized carbons (Fsp3) is 0.800. The Hall–Kier alpha value is 0.220. The summed E-state index contributed by atoms with van der Waals surface area (Å²) >= 11 is 2.01. The van der Waals surface area contributed by atoms with Gasteiger partial charge in [-0.2, -0.15) is 0 Å². The Bertz CT molecular complexity index is 37.2. The van der Waals surface area contributed by atoms with Gasteiger partial charge in [0.05, 0.1) is 18.7 Å². The van der Waals surface area contributed by atoms with E-state index in [1.54, 1.807) is 5.25 Å². The largest absolute Gasteiger partial charge is 0.154 e. The summed E-state index contributed by atoms with van der Waals surface area (Å²) in [6, 6.07) is 0. The summed E-state index contributed by atoms with van der Waals surface area (Å²) < 4.78 is 0. The molecule has 0 amide bonds. The first-order valence-corrected chi connectivity index (χ1v) is 3.33. The van der Waals surface area contributed by atoms with Gasteiger partial charge in [-0.1, -0.05) is 0 Å². The average Bonchev–Trinajstić information content (AvgIpc) is 1.86. The molecule has 0 spiro atoms. The van der Waals surface area contributed by atoms with E-state index in [0.717, 1.165) is 0 Å². The summed E-state index contributed by atoms with van der Waals surface area (Å²) in [6.07, 6.45) is 2.78. The van der Waals surface area contributed by atoms with Crippen molar-refractivity contribution in [3.63, 3.8) is 0 Å². The summed E-state index contributed by atoms with van der Waals surface area (Å²) in [6.45, 7) is 2.22. The summed E-state index contributed by atoms with van der Waals surface area (Å²) in [5, 5.41) is 1.62. The molecule has 0 aromatic rings. The van der Waals surface area contributed by atoms with Crippen molar-refractivity contribution in [1.29, 1.82) is 0 Å². The Balaban J connectivity index is 2.18. The van der Waals surface area contributed by atoms with Crippen molar-refractivity contribution in [2.45, 2.75) is 19.8 Å². The molecule has 0 atom stereocenters. The van der Waals surface area contributed by atoms with Crippen molar-refractivity contribution < 1.29 is 0 Å². The molecule has 0 aromatic carbocycles. The Morgan fingerprint density at radius 2 is 2.50 bits per heavy atom. The van der Waals surface area contributed by atoms with Gasteiger partial charge >= 0.3 is 0 Å². The van der Waals surface area contributed by atoms with Crippen LogP contribution >= 0.6 is 11.8 Å². The number of hydrogen-bond donors (Lipinski definition) is 0. The maximum Gasteiger partial charge on any atom is 0.154 e. The molecule has 1 saturated heterocycles. The van der Waals surface area contributed by atoms with Crippen molar-refractivity contribution in [2.24, 2.45) is 0 Å². The fourth-order valence-electron chi connectivity index (χ4n) is 0.640. The lowest BCUT2D eigenvalue weighted by atomic mass is 10.3. The Kier molecular flexibility index (Phi) is 1.30. The highest BCUT2D eigenvalue weighted by Crippen LogP contribution is 2.31. The summed E-state index contributed by atoms with van der Waals surface area (Å²) in [5.74, 6) is 1.37. The Morgan fingerprint density at radius 1 is 1.67 bits per heavy atom. The molecule has 0 nitrogen and oxygen atoms in total. The summed E-state index contributed by atoms with van der Waals surface area (Å²) in [5.41, 5.74) is 0. The molecule has 6 heavy (non-hydrogen) atoms. The van der Waals surface area contributed by atoms with Crippen LogP contribution in [0.1, 0.15) is 19.8 Å². The van der Waals surface area contributed by atoms with Gasteiger partial charge in [0.25, 0.3) is 0 Å². The summed E-state index contributed by atoms with van der Waals surface area (Å²) in [4.78, 5) is 0. The molecule has 0 aliphatic carbocycles. The predicted octanol–water partition coefficient (Wildman–Crippen LogP) is 2.07. The molecule has 0 bridgehead atoms. The molecule has 1 fully saturated rings. The third-order valence-electron chi connectivity index (χ3n) is 1.02. The van der Waals surface area contributed by atoms with Gasteiger partial charge in [-0.15, -0.1) is 0 Å². The van der Waals surface area contributed by atoms with Crippen LogP contribution in [-0.4, -0.2) is 5.75 Å².